The van der Waals surface area contributed by atoms with Gasteiger partial charge >= 0.3 is 0 Å². The fourth-order valence-corrected chi connectivity index (χ4v) is 2.29. The quantitative estimate of drug-likeness (QED) is 0.433. The lowest BCUT2D eigenvalue weighted by Gasteiger charge is -1.97. The first kappa shape index (κ1) is 9.14. The summed E-state index contributed by atoms with van der Waals surface area (Å²) in [5.74, 6) is 1.20. The molecule has 0 aromatic heterocycles. The van der Waals surface area contributed by atoms with Gasteiger partial charge in [-0.05, 0) is 24.3 Å². The van der Waals surface area contributed by atoms with Gasteiger partial charge in [0.25, 0.3) is 0 Å². The second kappa shape index (κ2) is 5.67. The Morgan fingerprint density at radius 1 is 1.18 bits per heavy atom. The van der Waals surface area contributed by atoms with Crippen LogP contribution >= 0.6 is 27.7 Å². The number of alkyl halides is 1. The normalized spacial score (nSPS) is 9.91. The van der Waals surface area contributed by atoms with Gasteiger partial charge < -0.3 is 0 Å². The fraction of sp³-hybridized carbons (Fsp3) is 0.333. The van der Waals surface area contributed by atoms with Gasteiger partial charge in [-0.3, -0.25) is 0 Å². The lowest BCUT2D eigenvalue weighted by Crippen LogP contribution is -1.79. The van der Waals surface area contributed by atoms with Crippen LogP contribution in [-0.2, 0) is 0 Å². The standard InChI is InChI=1S/C9H11BrS/c10-7-4-8-11-9-5-2-1-3-6-9/h1-3,5-6H,4,7-8H2. The highest BCUT2D eigenvalue weighted by Gasteiger charge is 1.90. The molecule has 0 spiro atoms. The van der Waals surface area contributed by atoms with E-state index in [2.05, 4.69) is 46.3 Å². The average Bonchev–Trinajstić information content (AvgIpc) is 2.07. The predicted molar refractivity (Wildman–Crippen MR) is 55.6 cm³/mol. The molecule has 0 saturated carbocycles. The van der Waals surface area contributed by atoms with Crippen LogP contribution in [-0.4, -0.2) is 11.1 Å². The highest BCUT2D eigenvalue weighted by Crippen LogP contribution is 2.17. The summed E-state index contributed by atoms with van der Waals surface area (Å²) in [6.45, 7) is 0. The maximum atomic E-state index is 3.41. The summed E-state index contributed by atoms with van der Waals surface area (Å²) in [5.41, 5.74) is 0. The van der Waals surface area contributed by atoms with Gasteiger partial charge in [-0.2, -0.15) is 0 Å². The van der Waals surface area contributed by atoms with E-state index in [1.54, 1.807) is 0 Å². The highest BCUT2D eigenvalue weighted by molar-refractivity contribution is 9.09. The van der Waals surface area contributed by atoms with E-state index in [1.165, 1.54) is 17.1 Å². The monoisotopic (exact) mass is 230 g/mol. The Bertz CT molecular complexity index is 186. The Balaban J connectivity index is 2.28. The number of hydrogen-bond acceptors (Lipinski definition) is 1. The van der Waals surface area contributed by atoms with Crippen molar-refractivity contribution in [3.8, 4) is 0 Å². The Morgan fingerprint density at radius 3 is 2.55 bits per heavy atom. The van der Waals surface area contributed by atoms with Crippen LogP contribution in [0, 0.1) is 0 Å². The molecule has 0 saturated heterocycles. The van der Waals surface area contributed by atoms with E-state index in [0.717, 1.165) is 5.33 Å². The van der Waals surface area contributed by atoms with E-state index in [4.69, 9.17) is 0 Å². The van der Waals surface area contributed by atoms with Crippen LogP contribution in [0.2, 0.25) is 0 Å². The van der Waals surface area contributed by atoms with Crippen molar-refractivity contribution in [3.63, 3.8) is 0 Å². The first-order valence-corrected chi connectivity index (χ1v) is 5.78. The minimum atomic E-state index is 1.10. The van der Waals surface area contributed by atoms with Gasteiger partial charge in [-0.25, -0.2) is 0 Å². The molecule has 0 bridgehead atoms. The maximum Gasteiger partial charge on any atom is 0.00719 e. The van der Waals surface area contributed by atoms with E-state index < -0.39 is 0 Å². The molecular weight excluding hydrogens is 220 g/mol. The first-order chi connectivity index (χ1) is 5.43. The summed E-state index contributed by atoms with van der Waals surface area (Å²) in [6, 6.07) is 10.5. The smallest absolute Gasteiger partial charge is 0.00719 e. The van der Waals surface area contributed by atoms with Crippen LogP contribution in [0.1, 0.15) is 6.42 Å². The molecule has 0 fully saturated rings. The summed E-state index contributed by atoms with van der Waals surface area (Å²) in [5, 5.41) is 1.10. The summed E-state index contributed by atoms with van der Waals surface area (Å²) in [7, 11) is 0. The zero-order valence-corrected chi connectivity index (χ0v) is 8.70. The van der Waals surface area contributed by atoms with Crippen LogP contribution in [0.3, 0.4) is 0 Å². The molecule has 0 aliphatic carbocycles. The molecule has 0 radical (unpaired) electrons. The van der Waals surface area contributed by atoms with Gasteiger partial charge in [0, 0.05) is 10.2 Å². The van der Waals surface area contributed by atoms with Crippen molar-refractivity contribution in [2.24, 2.45) is 0 Å². The SMILES string of the molecule is BrCCCSc1ccccc1. The molecule has 0 nitrogen and oxygen atoms in total. The Kier molecular flexibility index (Phi) is 4.71. The number of benzene rings is 1. The van der Waals surface area contributed by atoms with E-state index in [1.807, 2.05) is 11.8 Å². The molecule has 1 rings (SSSR count). The molecule has 0 unspecified atom stereocenters. The minimum absolute atomic E-state index is 1.10. The van der Waals surface area contributed by atoms with Crippen LogP contribution in [0.4, 0.5) is 0 Å². The third-order valence-corrected chi connectivity index (χ3v) is 2.95. The van der Waals surface area contributed by atoms with Crippen LogP contribution in [0.5, 0.6) is 0 Å². The first-order valence-electron chi connectivity index (χ1n) is 3.67. The van der Waals surface area contributed by atoms with E-state index in [9.17, 15) is 0 Å². The third kappa shape index (κ3) is 3.82. The third-order valence-electron chi connectivity index (χ3n) is 1.29. The molecule has 0 N–H and O–H groups in total. The molecule has 0 aliphatic heterocycles. The summed E-state index contributed by atoms with van der Waals surface area (Å²) in [6.07, 6.45) is 1.24. The molecule has 0 heterocycles. The molecular formula is C9H11BrS. The van der Waals surface area contributed by atoms with Crippen LogP contribution < -0.4 is 0 Å². The van der Waals surface area contributed by atoms with E-state index in [-0.39, 0.29) is 0 Å². The minimum Gasteiger partial charge on any atom is -0.126 e. The summed E-state index contributed by atoms with van der Waals surface area (Å²) in [4.78, 5) is 1.37. The van der Waals surface area contributed by atoms with E-state index in [0.29, 0.717) is 0 Å². The van der Waals surface area contributed by atoms with Gasteiger partial charge in [-0.15, -0.1) is 11.8 Å². The topological polar surface area (TPSA) is 0 Å². The van der Waals surface area contributed by atoms with Crippen LogP contribution in [0.15, 0.2) is 35.2 Å². The summed E-state index contributed by atoms with van der Waals surface area (Å²) >= 11 is 5.32. The number of rotatable bonds is 4. The molecule has 1 aromatic rings. The van der Waals surface area contributed by atoms with Crippen molar-refractivity contribution in [1.29, 1.82) is 0 Å². The molecule has 0 amide bonds. The van der Waals surface area contributed by atoms with Crippen molar-refractivity contribution in [1.82, 2.24) is 0 Å². The lowest BCUT2D eigenvalue weighted by atomic mass is 10.4. The van der Waals surface area contributed by atoms with Gasteiger partial charge in [0.1, 0.15) is 0 Å². The number of halogens is 1. The Morgan fingerprint density at radius 2 is 1.91 bits per heavy atom. The maximum absolute atomic E-state index is 3.41. The molecule has 0 atom stereocenters. The van der Waals surface area contributed by atoms with Crippen molar-refractivity contribution in [3.05, 3.63) is 30.3 Å². The Labute approximate surface area is 80.5 Å². The number of thioether (sulfide) groups is 1. The zero-order chi connectivity index (χ0) is 7.94. The Hall–Kier alpha value is 0.0500. The van der Waals surface area contributed by atoms with Crippen molar-refractivity contribution >= 4 is 27.7 Å². The van der Waals surface area contributed by atoms with Crippen molar-refractivity contribution < 1.29 is 0 Å². The second-order valence-electron chi connectivity index (χ2n) is 2.20. The van der Waals surface area contributed by atoms with Gasteiger partial charge in [0.15, 0.2) is 0 Å². The zero-order valence-electron chi connectivity index (χ0n) is 6.29. The van der Waals surface area contributed by atoms with Gasteiger partial charge in [0.2, 0.25) is 0 Å². The molecule has 11 heavy (non-hydrogen) atoms. The van der Waals surface area contributed by atoms with E-state index >= 15 is 0 Å². The molecule has 2 heteroatoms. The van der Waals surface area contributed by atoms with Crippen molar-refractivity contribution in [2.75, 3.05) is 11.1 Å². The van der Waals surface area contributed by atoms with Gasteiger partial charge in [0.05, 0.1) is 0 Å². The van der Waals surface area contributed by atoms with Crippen LogP contribution in [0.25, 0.3) is 0 Å². The fourth-order valence-electron chi connectivity index (χ4n) is 0.761. The summed E-state index contributed by atoms with van der Waals surface area (Å²) < 4.78 is 0. The van der Waals surface area contributed by atoms with Crippen molar-refractivity contribution in [2.45, 2.75) is 11.3 Å². The highest BCUT2D eigenvalue weighted by atomic mass is 79.9. The lowest BCUT2D eigenvalue weighted by molar-refractivity contribution is 1.13. The molecule has 1 aromatic carbocycles. The molecule has 60 valence electrons. The van der Waals surface area contributed by atoms with Gasteiger partial charge in [-0.1, -0.05) is 34.1 Å². The number of hydrogen-bond donors (Lipinski definition) is 0. The largest absolute Gasteiger partial charge is 0.126 e. The second-order valence-corrected chi connectivity index (χ2v) is 4.17. The average molecular weight is 231 g/mol. The molecule has 0 aliphatic rings. The predicted octanol–water partition coefficient (Wildman–Crippen LogP) is 3.56.